The van der Waals surface area contributed by atoms with Crippen LogP contribution in [0.25, 0.3) is 0 Å². The normalized spacial score (nSPS) is 33.3. The van der Waals surface area contributed by atoms with Crippen molar-refractivity contribution < 1.29 is 24.9 Å². The number of hydrogen-bond donors (Lipinski definition) is 4. The molecule has 6 heteroatoms. The van der Waals surface area contributed by atoms with Gasteiger partial charge in [0.2, 0.25) is 0 Å². The van der Waals surface area contributed by atoms with Crippen LogP contribution >= 0.6 is 0 Å². The fourth-order valence-corrected chi connectivity index (χ4v) is 1.45. The van der Waals surface area contributed by atoms with E-state index in [4.69, 9.17) is 4.74 Å². The predicted molar refractivity (Wildman–Crippen MR) is 60.3 cm³/mol. The summed E-state index contributed by atoms with van der Waals surface area (Å²) in [6.45, 7) is 5.16. The first-order chi connectivity index (χ1) is 7.70. The molecule has 4 atom stereocenters. The molecule has 0 bridgehead atoms. The van der Waals surface area contributed by atoms with E-state index in [1.165, 1.54) is 12.2 Å². The molecule has 17 heavy (non-hydrogen) atoms. The van der Waals surface area contributed by atoms with Crippen molar-refractivity contribution in [3.05, 3.63) is 12.2 Å². The Morgan fingerprint density at radius 3 is 2.29 bits per heavy atom. The Kier molecular flexibility index (Phi) is 4.13. The molecule has 4 N–H and O–H groups in total. The molecule has 0 fully saturated rings. The zero-order valence-corrected chi connectivity index (χ0v) is 10.1. The summed E-state index contributed by atoms with van der Waals surface area (Å²) in [5, 5.41) is 30.7. The summed E-state index contributed by atoms with van der Waals surface area (Å²) >= 11 is 0. The average Bonchev–Trinajstić information content (AvgIpc) is 2.16. The summed E-state index contributed by atoms with van der Waals surface area (Å²) in [7, 11) is 0. The summed E-state index contributed by atoms with van der Waals surface area (Å²) in [6.07, 6.45) is -1.65. The molecule has 0 aromatic carbocycles. The number of alkyl carbamates (subject to hydrolysis) is 1. The Hall–Kier alpha value is -1.11. The molecule has 1 rings (SSSR count). The van der Waals surface area contributed by atoms with E-state index in [2.05, 4.69) is 5.32 Å². The molecule has 0 unspecified atom stereocenters. The van der Waals surface area contributed by atoms with Gasteiger partial charge in [-0.3, -0.25) is 0 Å². The zero-order valence-electron chi connectivity index (χ0n) is 10.1. The lowest BCUT2D eigenvalue weighted by atomic mass is 9.94. The van der Waals surface area contributed by atoms with Crippen molar-refractivity contribution in [2.24, 2.45) is 0 Å². The van der Waals surface area contributed by atoms with Gasteiger partial charge in [-0.2, -0.15) is 0 Å². The van der Waals surface area contributed by atoms with Gasteiger partial charge in [-0.15, -0.1) is 0 Å². The molecule has 6 nitrogen and oxygen atoms in total. The second kappa shape index (κ2) is 5.03. The number of aliphatic hydroxyl groups excluding tert-OH is 3. The minimum atomic E-state index is -1.32. The first-order valence-electron chi connectivity index (χ1n) is 5.43. The number of rotatable bonds is 1. The van der Waals surface area contributed by atoms with Crippen LogP contribution in [0.2, 0.25) is 0 Å². The highest BCUT2D eigenvalue weighted by Crippen LogP contribution is 2.14. The van der Waals surface area contributed by atoms with Crippen molar-refractivity contribution in [3.8, 4) is 0 Å². The van der Waals surface area contributed by atoms with Gasteiger partial charge in [0.25, 0.3) is 0 Å². The molecule has 1 aliphatic rings. The van der Waals surface area contributed by atoms with Crippen molar-refractivity contribution in [1.29, 1.82) is 0 Å². The molecule has 1 aliphatic carbocycles. The van der Waals surface area contributed by atoms with Gasteiger partial charge in [-0.05, 0) is 20.8 Å². The second-order valence-corrected chi connectivity index (χ2v) is 5.03. The number of nitrogens with one attached hydrogen (secondary N) is 1. The quantitative estimate of drug-likeness (QED) is 0.468. The van der Waals surface area contributed by atoms with E-state index in [9.17, 15) is 20.1 Å². The van der Waals surface area contributed by atoms with Gasteiger partial charge in [0.15, 0.2) is 0 Å². The first kappa shape index (κ1) is 14.0. The maximum atomic E-state index is 11.4. The standard InChI is InChI=1S/C11H19NO5/c1-11(2,3)17-10(16)12-6-4-5-7(13)9(15)8(6)14/h4-9,13-15H,1-3H3,(H,12,16)/t6-,7-,8-,9+/m0/s1. The Morgan fingerprint density at radius 2 is 1.76 bits per heavy atom. The van der Waals surface area contributed by atoms with Gasteiger partial charge < -0.3 is 25.4 Å². The van der Waals surface area contributed by atoms with Crippen LogP contribution < -0.4 is 5.32 Å². The molecule has 0 radical (unpaired) electrons. The summed E-state index contributed by atoms with van der Waals surface area (Å²) in [4.78, 5) is 11.4. The Morgan fingerprint density at radius 1 is 1.18 bits per heavy atom. The topological polar surface area (TPSA) is 99.0 Å². The maximum Gasteiger partial charge on any atom is 0.408 e. The van der Waals surface area contributed by atoms with Crippen LogP contribution in [0, 0.1) is 0 Å². The van der Waals surface area contributed by atoms with Crippen LogP contribution in [-0.2, 0) is 4.74 Å². The van der Waals surface area contributed by atoms with E-state index >= 15 is 0 Å². The van der Waals surface area contributed by atoms with Crippen molar-refractivity contribution in [3.63, 3.8) is 0 Å². The number of hydrogen-bond acceptors (Lipinski definition) is 5. The van der Waals surface area contributed by atoms with Crippen LogP contribution in [0.3, 0.4) is 0 Å². The van der Waals surface area contributed by atoms with Crippen molar-refractivity contribution >= 4 is 6.09 Å². The second-order valence-electron chi connectivity index (χ2n) is 5.03. The van der Waals surface area contributed by atoms with E-state index in [1.54, 1.807) is 20.8 Å². The molecular formula is C11H19NO5. The lowest BCUT2D eigenvalue weighted by molar-refractivity contribution is -0.0572. The van der Waals surface area contributed by atoms with Crippen LogP contribution in [0.1, 0.15) is 20.8 Å². The number of amides is 1. The molecule has 0 aromatic heterocycles. The van der Waals surface area contributed by atoms with Crippen LogP contribution in [0.5, 0.6) is 0 Å². The SMILES string of the molecule is CC(C)(C)OC(=O)N[C@H]1C=C[C@H](O)[C@@H](O)[C@H]1O. The van der Waals surface area contributed by atoms with Gasteiger partial charge in [-0.25, -0.2) is 4.79 Å². The van der Waals surface area contributed by atoms with Crippen molar-refractivity contribution in [2.75, 3.05) is 0 Å². The lowest BCUT2D eigenvalue weighted by Crippen LogP contribution is -2.54. The number of aliphatic hydroxyl groups is 3. The molecule has 0 saturated heterocycles. The molecule has 0 spiro atoms. The highest BCUT2D eigenvalue weighted by Gasteiger charge is 2.34. The largest absolute Gasteiger partial charge is 0.444 e. The van der Waals surface area contributed by atoms with E-state index in [0.29, 0.717) is 0 Å². The first-order valence-corrected chi connectivity index (χ1v) is 5.43. The zero-order chi connectivity index (χ0) is 13.2. The average molecular weight is 245 g/mol. The number of carbonyl (C=O) groups excluding carboxylic acids is 1. The fraction of sp³-hybridized carbons (Fsp3) is 0.727. The van der Waals surface area contributed by atoms with Crippen molar-refractivity contribution in [2.45, 2.75) is 50.7 Å². The van der Waals surface area contributed by atoms with Gasteiger partial charge in [-0.1, -0.05) is 12.2 Å². The smallest absolute Gasteiger partial charge is 0.408 e. The monoisotopic (exact) mass is 245 g/mol. The van der Waals surface area contributed by atoms with Crippen LogP contribution in [0.4, 0.5) is 4.79 Å². The molecule has 0 heterocycles. The van der Waals surface area contributed by atoms with Crippen molar-refractivity contribution in [1.82, 2.24) is 5.32 Å². The van der Waals surface area contributed by atoms with Gasteiger partial charge in [0.05, 0.1) is 6.04 Å². The van der Waals surface area contributed by atoms with E-state index in [1.807, 2.05) is 0 Å². The Labute approximate surface area is 99.9 Å². The third-order valence-corrected chi connectivity index (χ3v) is 2.27. The van der Waals surface area contributed by atoms with Crippen LogP contribution in [-0.4, -0.2) is 51.4 Å². The number of ether oxygens (including phenoxy) is 1. The Balaban J connectivity index is 2.58. The van der Waals surface area contributed by atoms with Gasteiger partial charge >= 0.3 is 6.09 Å². The van der Waals surface area contributed by atoms with Crippen LogP contribution in [0.15, 0.2) is 12.2 Å². The summed E-state index contributed by atoms with van der Waals surface area (Å²) in [5.74, 6) is 0. The predicted octanol–water partition coefficient (Wildman–Crippen LogP) is -0.468. The summed E-state index contributed by atoms with van der Waals surface area (Å²) in [5.41, 5.74) is -0.633. The van der Waals surface area contributed by atoms with E-state index < -0.39 is 36.0 Å². The minimum Gasteiger partial charge on any atom is -0.444 e. The van der Waals surface area contributed by atoms with Gasteiger partial charge in [0.1, 0.15) is 23.9 Å². The number of carbonyl (C=O) groups is 1. The van der Waals surface area contributed by atoms with E-state index in [0.717, 1.165) is 0 Å². The molecule has 1 amide bonds. The van der Waals surface area contributed by atoms with E-state index in [-0.39, 0.29) is 0 Å². The third kappa shape index (κ3) is 3.99. The highest BCUT2D eigenvalue weighted by molar-refractivity contribution is 5.68. The third-order valence-electron chi connectivity index (χ3n) is 2.27. The molecule has 0 aliphatic heterocycles. The maximum absolute atomic E-state index is 11.4. The molecule has 0 aromatic rings. The lowest BCUT2D eigenvalue weighted by Gasteiger charge is -2.31. The van der Waals surface area contributed by atoms with Gasteiger partial charge in [0, 0.05) is 0 Å². The summed E-state index contributed by atoms with van der Waals surface area (Å²) < 4.78 is 5.01. The Bertz CT molecular complexity index is 309. The molecular weight excluding hydrogens is 226 g/mol. The summed E-state index contributed by atoms with van der Waals surface area (Å²) in [6, 6.07) is -0.775. The highest BCUT2D eigenvalue weighted by atomic mass is 16.6. The fourth-order valence-electron chi connectivity index (χ4n) is 1.45. The molecule has 98 valence electrons. The minimum absolute atomic E-state index is 0.633. The molecule has 0 saturated carbocycles.